The quantitative estimate of drug-likeness (QED) is 0.780. The molecule has 1 N–H and O–H groups in total. The maximum Gasteiger partial charge on any atom is 0.0638 e. The van der Waals surface area contributed by atoms with Gasteiger partial charge in [-0.2, -0.15) is 5.26 Å². The molecule has 0 bridgehead atoms. The zero-order valence-electron chi connectivity index (χ0n) is 10.8. The number of aryl methyl sites for hydroxylation is 1. The predicted molar refractivity (Wildman–Crippen MR) is 71.7 cm³/mol. The summed E-state index contributed by atoms with van der Waals surface area (Å²) in [6, 6.07) is 13.6. The average molecular weight is 230 g/mol. The number of hydrogen-bond acceptors (Lipinski definition) is 2. The molecule has 92 valence electrons. The third kappa shape index (κ3) is 5.51. The summed E-state index contributed by atoms with van der Waals surface area (Å²) in [4.78, 5) is 0. The molecule has 0 heterocycles. The predicted octanol–water partition coefficient (Wildman–Crippen LogP) is 3.29. The molecule has 0 radical (unpaired) electrons. The van der Waals surface area contributed by atoms with E-state index in [4.69, 9.17) is 5.26 Å². The van der Waals surface area contributed by atoms with Crippen LogP contribution in [0.1, 0.15) is 38.7 Å². The van der Waals surface area contributed by atoms with Gasteiger partial charge >= 0.3 is 0 Å². The Balaban J connectivity index is 2.30. The molecule has 2 unspecified atom stereocenters. The van der Waals surface area contributed by atoms with Crippen molar-refractivity contribution in [3.05, 3.63) is 35.9 Å². The van der Waals surface area contributed by atoms with Crippen LogP contribution in [0.15, 0.2) is 30.3 Å². The van der Waals surface area contributed by atoms with Gasteiger partial charge in [-0.25, -0.2) is 0 Å². The molecule has 1 rings (SSSR count). The molecule has 2 nitrogen and oxygen atoms in total. The number of benzene rings is 1. The van der Waals surface area contributed by atoms with E-state index in [9.17, 15) is 0 Å². The summed E-state index contributed by atoms with van der Waals surface area (Å²) in [5.41, 5.74) is 1.38. The molecule has 1 aromatic carbocycles. The second kappa shape index (κ2) is 7.86. The summed E-state index contributed by atoms with van der Waals surface area (Å²) in [5, 5.41) is 12.2. The van der Waals surface area contributed by atoms with Gasteiger partial charge in [0.15, 0.2) is 0 Å². The Labute approximate surface area is 105 Å². The van der Waals surface area contributed by atoms with E-state index in [-0.39, 0.29) is 0 Å². The lowest BCUT2D eigenvalue weighted by Crippen LogP contribution is -2.36. The fourth-order valence-corrected chi connectivity index (χ4v) is 1.94. The minimum absolute atomic E-state index is 0.339. The van der Waals surface area contributed by atoms with Gasteiger partial charge in [0.1, 0.15) is 0 Å². The van der Waals surface area contributed by atoms with E-state index in [2.05, 4.69) is 49.5 Å². The topological polar surface area (TPSA) is 35.8 Å². The van der Waals surface area contributed by atoms with Gasteiger partial charge in [-0.1, -0.05) is 37.3 Å². The number of nitrogens with one attached hydrogen (secondary N) is 1. The lowest BCUT2D eigenvalue weighted by Gasteiger charge is -2.20. The van der Waals surface area contributed by atoms with Gasteiger partial charge < -0.3 is 5.32 Å². The zero-order valence-corrected chi connectivity index (χ0v) is 10.8. The van der Waals surface area contributed by atoms with Crippen LogP contribution in [0.4, 0.5) is 0 Å². The van der Waals surface area contributed by atoms with E-state index in [0.717, 1.165) is 19.3 Å². The molecule has 0 aliphatic rings. The zero-order chi connectivity index (χ0) is 12.5. The number of rotatable bonds is 7. The number of nitrogens with zero attached hydrogens (tertiary/aromatic N) is 1. The van der Waals surface area contributed by atoms with E-state index in [1.165, 1.54) is 5.56 Å². The Morgan fingerprint density at radius 2 is 2.00 bits per heavy atom. The highest BCUT2D eigenvalue weighted by molar-refractivity contribution is 5.14. The Morgan fingerprint density at radius 1 is 1.29 bits per heavy atom. The second-order valence-corrected chi connectivity index (χ2v) is 4.56. The maximum absolute atomic E-state index is 8.70. The van der Waals surface area contributed by atoms with Crippen LogP contribution in [0, 0.1) is 11.3 Å². The molecule has 0 saturated heterocycles. The Kier molecular flexibility index (Phi) is 6.35. The molecule has 1 aromatic rings. The minimum Gasteiger partial charge on any atom is -0.310 e. The summed E-state index contributed by atoms with van der Waals surface area (Å²) in [6.07, 6.45) is 3.83. The normalized spacial score (nSPS) is 13.9. The van der Waals surface area contributed by atoms with Crippen molar-refractivity contribution in [1.82, 2.24) is 5.32 Å². The van der Waals surface area contributed by atoms with Crippen molar-refractivity contribution < 1.29 is 0 Å². The van der Waals surface area contributed by atoms with Gasteiger partial charge in [0.2, 0.25) is 0 Å². The van der Waals surface area contributed by atoms with Gasteiger partial charge in [0.05, 0.1) is 12.5 Å². The van der Waals surface area contributed by atoms with Gasteiger partial charge in [-0.3, -0.25) is 0 Å². The van der Waals surface area contributed by atoms with Crippen LogP contribution in [0.5, 0.6) is 0 Å². The van der Waals surface area contributed by atoms with E-state index >= 15 is 0 Å². The van der Waals surface area contributed by atoms with Crippen molar-refractivity contribution in [1.29, 1.82) is 5.26 Å². The summed E-state index contributed by atoms with van der Waals surface area (Å²) in [5.74, 6) is 0. The molecule has 2 heteroatoms. The summed E-state index contributed by atoms with van der Waals surface area (Å²) in [7, 11) is 0. The maximum atomic E-state index is 8.70. The molecule has 0 amide bonds. The summed E-state index contributed by atoms with van der Waals surface area (Å²) >= 11 is 0. The van der Waals surface area contributed by atoms with E-state index in [0.29, 0.717) is 18.5 Å². The average Bonchev–Trinajstić information content (AvgIpc) is 2.37. The summed E-state index contributed by atoms with van der Waals surface area (Å²) < 4.78 is 0. The van der Waals surface area contributed by atoms with Crippen molar-refractivity contribution in [2.45, 2.75) is 51.6 Å². The largest absolute Gasteiger partial charge is 0.310 e. The van der Waals surface area contributed by atoms with E-state index in [1.807, 2.05) is 6.07 Å². The first-order chi connectivity index (χ1) is 8.26. The second-order valence-electron chi connectivity index (χ2n) is 4.56. The fourth-order valence-electron chi connectivity index (χ4n) is 1.94. The van der Waals surface area contributed by atoms with Crippen molar-refractivity contribution in [2.75, 3.05) is 0 Å². The SMILES string of the molecule is CCC(CC#N)NC(C)CCc1ccccc1. The standard InChI is InChI=1S/C15H22N2/c1-3-15(11-12-16)17-13(2)9-10-14-7-5-4-6-8-14/h4-8,13,15,17H,3,9-11H2,1-2H3. The first-order valence-corrected chi connectivity index (χ1v) is 6.43. The molecule has 2 atom stereocenters. The highest BCUT2D eigenvalue weighted by Crippen LogP contribution is 2.06. The molecule has 0 fully saturated rings. The Hall–Kier alpha value is -1.33. The molecule has 0 spiro atoms. The first kappa shape index (κ1) is 13.7. The van der Waals surface area contributed by atoms with E-state index in [1.54, 1.807) is 0 Å². The monoisotopic (exact) mass is 230 g/mol. The molecule has 0 aliphatic heterocycles. The van der Waals surface area contributed by atoms with E-state index < -0.39 is 0 Å². The lowest BCUT2D eigenvalue weighted by molar-refractivity contribution is 0.421. The fraction of sp³-hybridized carbons (Fsp3) is 0.533. The molecule has 0 aromatic heterocycles. The van der Waals surface area contributed by atoms with Crippen LogP contribution < -0.4 is 5.32 Å². The smallest absolute Gasteiger partial charge is 0.0638 e. The van der Waals surface area contributed by atoms with Gasteiger partial charge in [-0.05, 0) is 31.7 Å². The van der Waals surface area contributed by atoms with Crippen LogP contribution in [0.25, 0.3) is 0 Å². The van der Waals surface area contributed by atoms with Crippen molar-refractivity contribution in [3.63, 3.8) is 0 Å². The van der Waals surface area contributed by atoms with Crippen molar-refractivity contribution >= 4 is 0 Å². The number of nitriles is 1. The Bertz CT molecular complexity index is 340. The highest BCUT2D eigenvalue weighted by atomic mass is 14.9. The van der Waals surface area contributed by atoms with Crippen molar-refractivity contribution in [3.8, 4) is 6.07 Å². The van der Waals surface area contributed by atoms with Gasteiger partial charge in [0.25, 0.3) is 0 Å². The van der Waals surface area contributed by atoms with Crippen LogP contribution in [-0.2, 0) is 6.42 Å². The van der Waals surface area contributed by atoms with Crippen LogP contribution >= 0.6 is 0 Å². The van der Waals surface area contributed by atoms with Crippen LogP contribution in [0.2, 0.25) is 0 Å². The van der Waals surface area contributed by atoms with Crippen molar-refractivity contribution in [2.24, 2.45) is 0 Å². The summed E-state index contributed by atoms with van der Waals surface area (Å²) in [6.45, 7) is 4.32. The highest BCUT2D eigenvalue weighted by Gasteiger charge is 2.09. The third-order valence-electron chi connectivity index (χ3n) is 3.06. The molecule has 0 saturated carbocycles. The third-order valence-corrected chi connectivity index (χ3v) is 3.06. The molecular formula is C15H22N2. The van der Waals surface area contributed by atoms with Crippen LogP contribution in [0.3, 0.4) is 0 Å². The minimum atomic E-state index is 0.339. The molecule has 0 aliphatic carbocycles. The van der Waals surface area contributed by atoms with Gasteiger partial charge in [-0.15, -0.1) is 0 Å². The number of hydrogen-bond donors (Lipinski definition) is 1. The van der Waals surface area contributed by atoms with Crippen LogP contribution in [-0.4, -0.2) is 12.1 Å². The first-order valence-electron chi connectivity index (χ1n) is 6.43. The molecular weight excluding hydrogens is 208 g/mol. The lowest BCUT2D eigenvalue weighted by atomic mass is 10.0. The molecule has 17 heavy (non-hydrogen) atoms. The Morgan fingerprint density at radius 3 is 2.59 bits per heavy atom. The van der Waals surface area contributed by atoms with Gasteiger partial charge in [0, 0.05) is 12.1 Å².